The molecule has 22 heavy (non-hydrogen) atoms. The largest absolute Gasteiger partial charge is 0.356 e. The highest BCUT2D eigenvalue weighted by molar-refractivity contribution is 7.10. The van der Waals surface area contributed by atoms with Gasteiger partial charge in [-0.05, 0) is 68.7 Å². The number of thiophene rings is 1. The minimum absolute atomic E-state index is 0.854. The zero-order valence-corrected chi connectivity index (χ0v) is 15.0. The monoisotopic (exact) mass is 322 g/mol. The molecule has 5 heteroatoms. The Labute approximate surface area is 139 Å². The Morgan fingerprint density at radius 2 is 2.14 bits per heavy atom. The number of guanidine groups is 1. The van der Waals surface area contributed by atoms with Crippen LogP contribution in [0.2, 0.25) is 0 Å². The first kappa shape index (κ1) is 17.3. The van der Waals surface area contributed by atoms with Crippen LogP contribution in [0.4, 0.5) is 0 Å². The van der Waals surface area contributed by atoms with E-state index in [9.17, 15) is 0 Å². The summed E-state index contributed by atoms with van der Waals surface area (Å²) in [4.78, 5) is 8.27. The lowest BCUT2D eigenvalue weighted by Gasteiger charge is -2.30. The van der Waals surface area contributed by atoms with E-state index < -0.39 is 0 Å². The van der Waals surface area contributed by atoms with Gasteiger partial charge in [0.25, 0.3) is 0 Å². The van der Waals surface area contributed by atoms with Gasteiger partial charge in [0.15, 0.2) is 5.96 Å². The number of hydrogen-bond donors (Lipinski definition) is 2. The number of likely N-dealkylation sites (tertiary alicyclic amines) is 1. The van der Waals surface area contributed by atoms with Crippen molar-refractivity contribution >= 4 is 17.3 Å². The number of rotatable bonds is 6. The van der Waals surface area contributed by atoms with Gasteiger partial charge in [-0.3, -0.25) is 4.99 Å². The summed E-state index contributed by atoms with van der Waals surface area (Å²) in [5, 5.41) is 8.95. The number of hydrogen-bond acceptors (Lipinski definition) is 3. The Bertz CT molecular complexity index is 461. The molecule has 0 atom stereocenters. The normalized spacial score (nSPS) is 17.7. The second-order valence-electron chi connectivity index (χ2n) is 6.26. The van der Waals surface area contributed by atoms with Crippen molar-refractivity contribution < 1.29 is 0 Å². The highest BCUT2D eigenvalue weighted by Crippen LogP contribution is 2.16. The first-order valence-electron chi connectivity index (χ1n) is 8.39. The lowest BCUT2D eigenvalue weighted by molar-refractivity contribution is 0.191. The first-order chi connectivity index (χ1) is 10.7. The fourth-order valence-electron chi connectivity index (χ4n) is 2.76. The molecule has 1 aromatic heterocycles. The van der Waals surface area contributed by atoms with Gasteiger partial charge in [-0.15, -0.1) is 11.3 Å². The molecule has 0 aliphatic carbocycles. The molecule has 0 spiro atoms. The van der Waals surface area contributed by atoms with Crippen molar-refractivity contribution in [3.63, 3.8) is 0 Å². The van der Waals surface area contributed by atoms with Crippen molar-refractivity contribution in [1.29, 1.82) is 0 Å². The van der Waals surface area contributed by atoms with Crippen LogP contribution < -0.4 is 10.6 Å². The van der Waals surface area contributed by atoms with Gasteiger partial charge in [-0.1, -0.05) is 6.92 Å². The molecule has 0 amide bonds. The summed E-state index contributed by atoms with van der Waals surface area (Å²) in [7, 11) is 1.84. The molecule has 1 fully saturated rings. The minimum Gasteiger partial charge on any atom is -0.356 e. The molecule has 1 aliphatic heterocycles. The van der Waals surface area contributed by atoms with Gasteiger partial charge >= 0.3 is 0 Å². The smallest absolute Gasteiger partial charge is 0.191 e. The topological polar surface area (TPSA) is 39.7 Å². The summed E-state index contributed by atoms with van der Waals surface area (Å²) in [5.41, 5.74) is 1.35. The van der Waals surface area contributed by atoms with Gasteiger partial charge in [0.2, 0.25) is 0 Å². The molecule has 2 heterocycles. The third-order valence-corrected chi connectivity index (χ3v) is 5.45. The predicted molar refractivity (Wildman–Crippen MR) is 96.7 cm³/mol. The van der Waals surface area contributed by atoms with E-state index in [2.05, 4.69) is 45.8 Å². The molecule has 0 bridgehead atoms. The van der Waals surface area contributed by atoms with Crippen molar-refractivity contribution in [1.82, 2.24) is 15.5 Å². The molecule has 0 radical (unpaired) electrons. The summed E-state index contributed by atoms with van der Waals surface area (Å²) in [6.45, 7) is 10.1. The summed E-state index contributed by atoms with van der Waals surface area (Å²) < 4.78 is 0. The van der Waals surface area contributed by atoms with Crippen molar-refractivity contribution in [2.24, 2.45) is 10.9 Å². The summed E-state index contributed by atoms with van der Waals surface area (Å²) in [5.74, 6) is 1.82. The summed E-state index contributed by atoms with van der Waals surface area (Å²) in [6.07, 6.45) is 3.89. The van der Waals surface area contributed by atoms with Gasteiger partial charge in [0.05, 0.1) is 6.54 Å². The van der Waals surface area contributed by atoms with Crippen LogP contribution in [0.15, 0.2) is 16.4 Å². The van der Waals surface area contributed by atoms with E-state index in [1.165, 1.54) is 49.3 Å². The van der Waals surface area contributed by atoms with Crippen LogP contribution in [0, 0.1) is 12.8 Å². The molecular formula is C17H30N4S. The molecule has 1 aromatic rings. The van der Waals surface area contributed by atoms with Crippen LogP contribution in [-0.2, 0) is 6.54 Å². The SMILES string of the molecule is CN=C(NCCCN1CCC(C)CC1)NCc1sccc1C. The number of aryl methyl sites for hydroxylation is 1. The van der Waals surface area contributed by atoms with E-state index in [0.717, 1.165) is 25.0 Å². The lowest BCUT2D eigenvalue weighted by Crippen LogP contribution is -2.39. The Hall–Kier alpha value is -1.07. The van der Waals surface area contributed by atoms with Gasteiger partial charge < -0.3 is 15.5 Å². The van der Waals surface area contributed by atoms with Gasteiger partial charge in [-0.25, -0.2) is 0 Å². The van der Waals surface area contributed by atoms with E-state index in [4.69, 9.17) is 0 Å². The van der Waals surface area contributed by atoms with E-state index >= 15 is 0 Å². The third kappa shape index (κ3) is 5.61. The van der Waals surface area contributed by atoms with Crippen LogP contribution in [0.1, 0.15) is 36.6 Å². The average molecular weight is 323 g/mol. The number of aliphatic imine (C=N–C) groups is 1. The van der Waals surface area contributed by atoms with Crippen LogP contribution >= 0.6 is 11.3 Å². The maximum absolute atomic E-state index is 4.30. The maximum atomic E-state index is 4.30. The standard InChI is InChI=1S/C17H30N4S/c1-14-5-10-21(11-6-14)9-4-8-19-17(18-3)20-13-16-15(2)7-12-22-16/h7,12,14H,4-6,8-11,13H2,1-3H3,(H2,18,19,20). The van der Waals surface area contributed by atoms with E-state index in [1.54, 1.807) is 11.3 Å². The Morgan fingerprint density at radius 3 is 2.77 bits per heavy atom. The number of nitrogens with zero attached hydrogens (tertiary/aromatic N) is 2. The molecule has 124 valence electrons. The van der Waals surface area contributed by atoms with Crippen molar-refractivity contribution in [2.75, 3.05) is 33.2 Å². The highest BCUT2D eigenvalue weighted by atomic mass is 32.1. The molecule has 4 nitrogen and oxygen atoms in total. The predicted octanol–water partition coefficient (Wildman–Crippen LogP) is 2.84. The second kappa shape index (κ2) is 9.16. The molecule has 0 unspecified atom stereocenters. The van der Waals surface area contributed by atoms with Gasteiger partial charge in [-0.2, -0.15) is 0 Å². The number of nitrogens with one attached hydrogen (secondary N) is 2. The third-order valence-electron chi connectivity index (χ3n) is 4.43. The van der Waals surface area contributed by atoms with Crippen molar-refractivity contribution in [2.45, 2.75) is 39.7 Å². The zero-order valence-electron chi connectivity index (χ0n) is 14.2. The first-order valence-corrected chi connectivity index (χ1v) is 9.27. The highest BCUT2D eigenvalue weighted by Gasteiger charge is 2.14. The quantitative estimate of drug-likeness (QED) is 0.481. The Balaban J connectivity index is 1.59. The zero-order chi connectivity index (χ0) is 15.8. The van der Waals surface area contributed by atoms with Gasteiger partial charge in [0.1, 0.15) is 0 Å². The molecular weight excluding hydrogens is 292 g/mol. The Morgan fingerprint density at radius 1 is 1.36 bits per heavy atom. The van der Waals surface area contributed by atoms with Crippen LogP contribution in [0.3, 0.4) is 0 Å². The van der Waals surface area contributed by atoms with E-state index in [1.807, 2.05) is 7.05 Å². The van der Waals surface area contributed by atoms with E-state index in [0.29, 0.717) is 0 Å². The molecule has 2 N–H and O–H groups in total. The summed E-state index contributed by atoms with van der Waals surface area (Å²) >= 11 is 1.80. The molecule has 2 rings (SSSR count). The van der Waals surface area contributed by atoms with Gasteiger partial charge in [0, 0.05) is 18.5 Å². The van der Waals surface area contributed by atoms with Crippen LogP contribution in [0.25, 0.3) is 0 Å². The maximum Gasteiger partial charge on any atom is 0.191 e. The molecule has 0 aromatic carbocycles. The van der Waals surface area contributed by atoms with E-state index in [-0.39, 0.29) is 0 Å². The number of piperidine rings is 1. The minimum atomic E-state index is 0.854. The molecule has 1 saturated heterocycles. The molecule has 1 aliphatic rings. The fourth-order valence-corrected chi connectivity index (χ4v) is 3.61. The molecule has 0 saturated carbocycles. The fraction of sp³-hybridized carbons (Fsp3) is 0.706. The second-order valence-corrected chi connectivity index (χ2v) is 7.26. The van der Waals surface area contributed by atoms with Crippen molar-refractivity contribution in [3.8, 4) is 0 Å². The van der Waals surface area contributed by atoms with Crippen molar-refractivity contribution in [3.05, 3.63) is 21.9 Å². The average Bonchev–Trinajstić information content (AvgIpc) is 2.93. The Kier molecular flexibility index (Phi) is 7.19. The lowest BCUT2D eigenvalue weighted by atomic mass is 9.99. The van der Waals surface area contributed by atoms with Crippen LogP contribution in [0.5, 0.6) is 0 Å². The van der Waals surface area contributed by atoms with Crippen LogP contribution in [-0.4, -0.2) is 44.1 Å². The summed E-state index contributed by atoms with van der Waals surface area (Å²) in [6, 6.07) is 2.16.